The summed E-state index contributed by atoms with van der Waals surface area (Å²) in [4.78, 5) is 24.2. The maximum Gasteiger partial charge on any atom is 0.331 e. The van der Waals surface area contributed by atoms with Crippen LogP contribution in [0.2, 0.25) is 5.02 Å². The number of carbonyl (C=O) groups excluding carboxylic acids is 2. The van der Waals surface area contributed by atoms with Crippen LogP contribution in [0.3, 0.4) is 0 Å². The van der Waals surface area contributed by atoms with Crippen molar-refractivity contribution in [2.24, 2.45) is 7.05 Å². The number of rotatable bonds is 5. The van der Waals surface area contributed by atoms with E-state index in [1.54, 1.807) is 41.9 Å². The monoisotopic (exact) mass is 346 g/mol. The van der Waals surface area contributed by atoms with Gasteiger partial charge < -0.3 is 4.74 Å². The minimum absolute atomic E-state index is 0.276. The van der Waals surface area contributed by atoms with Crippen LogP contribution in [0.15, 0.2) is 30.3 Å². The van der Waals surface area contributed by atoms with E-state index >= 15 is 0 Å². The van der Waals surface area contributed by atoms with Crippen LogP contribution in [-0.4, -0.2) is 27.6 Å². The van der Waals surface area contributed by atoms with Crippen molar-refractivity contribution in [1.82, 2.24) is 9.78 Å². The maximum atomic E-state index is 12.2. The minimum atomic E-state index is -0.876. The van der Waals surface area contributed by atoms with Gasteiger partial charge in [0, 0.05) is 35.0 Å². The summed E-state index contributed by atoms with van der Waals surface area (Å²) in [5, 5.41) is 4.82. The van der Waals surface area contributed by atoms with E-state index < -0.39 is 12.1 Å². The maximum absolute atomic E-state index is 12.2. The Kier molecular flexibility index (Phi) is 5.57. The van der Waals surface area contributed by atoms with E-state index in [1.807, 2.05) is 20.9 Å². The number of nitrogens with zero attached hydrogens (tertiary/aromatic N) is 2. The minimum Gasteiger partial charge on any atom is -0.451 e. The van der Waals surface area contributed by atoms with Gasteiger partial charge in [0.2, 0.25) is 5.78 Å². The number of ketones is 1. The normalized spacial score (nSPS) is 12.4. The highest BCUT2D eigenvalue weighted by atomic mass is 35.5. The van der Waals surface area contributed by atoms with E-state index in [9.17, 15) is 9.59 Å². The van der Waals surface area contributed by atoms with Gasteiger partial charge in [-0.15, -0.1) is 0 Å². The van der Waals surface area contributed by atoms with Crippen LogP contribution in [0.4, 0.5) is 0 Å². The number of benzene rings is 1. The highest BCUT2D eigenvalue weighted by Crippen LogP contribution is 2.15. The molecule has 1 atom stereocenters. The van der Waals surface area contributed by atoms with Crippen LogP contribution in [0.25, 0.3) is 6.08 Å². The second-order valence-corrected chi connectivity index (χ2v) is 5.93. The Hall–Kier alpha value is -2.40. The topological polar surface area (TPSA) is 61.2 Å². The van der Waals surface area contributed by atoms with Gasteiger partial charge in [-0.25, -0.2) is 4.79 Å². The molecule has 0 N–H and O–H groups in total. The number of aromatic nitrogens is 2. The lowest BCUT2D eigenvalue weighted by atomic mass is 10.1. The molecule has 1 aromatic carbocycles. The molecule has 0 aliphatic carbocycles. The number of aryl methyl sites for hydroxylation is 2. The van der Waals surface area contributed by atoms with Crippen LogP contribution in [-0.2, 0) is 16.6 Å². The third-order valence-electron chi connectivity index (χ3n) is 3.74. The molecule has 5 nitrogen and oxygen atoms in total. The van der Waals surface area contributed by atoms with E-state index in [2.05, 4.69) is 5.10 Å². The average molecular weight is 347 g/mol. The number of halogens is 1. The first-order valence-corrected chi connectivity index (χ1v) is 7.86. The molecule has 0 unspecified atom stereocenters. The molecule has 1 heterocycles. The molecule has 2 rings (SSSR count). The predicted octanol–water partition coefficient (Wildman–Crippen LogP) is 3.52. The SMILES string of the molecule is Cc1nn(C)c(C)c1/C=C/C(=O)O[C@H](C)C(=O)c1ccc(Cl)cc1. The zero-order valence-electron chi connectivity index (χ0n) is 14.0. The Morgan fingerprint density at radius 3 is 2.42 bits per heavy atom. The van der Waals surface area contributed by atoms with Gasteiger partial charge in [0.15, 0.2) is 6.10 Å². The van der Waals surface area contributed by atoms with E-state index in [-0.39, 0.29) is 5.78 Å². The predicted molar refractivity (Wildman–Crippen MR) is 93.1 cm³/mol. The van der Waals surface area contributed by atoms with Gasteiger partial charge in [-0.3, -0.25) is 9.48 Å². The van der Waals surface area contributed by atoms with Crippen LogP contribution in [0, 0.1) is 13.8 Å². The van der Waals surface area contributed by atoms with Crippen molar-refractivity contribution < 1.29 is 14.3 Å². The molecule has 0 radical (unpaired) electrons. The van der Waals surface area contributed by atoms with Crippen molar-refractivity contribution >= 4 is 29.4 Å². The van der Waals surface area contributed by atoms with Gasteiger partial charge in [-0.1, -0.05) is 11.6 Å². The van der Waals surface area contributed by atoms with Crippen LogP contribution < -0.4 is 0 Å². The Morgan fingerprint density at radius 1 is 1.25 bits per heavy atom. The van der Waals surface area contributed by atoms with E-state index in [0.29, 0.717) is 10.6 Å². The van der Waals surface area contributed by atoms with Gasteiger partial charge in [0.1, 0.15) is 0 Å². The summed E-state index contributed by atoms with van der Waals surface area (Å²) in [7, 11) is 1.84. The second kappa shape index (κ2) is 7.45. The highest BCUT2D eigenvalue weighted by molar-refractivity contribution is 6.30. The fourth-order valence-electron chi connectivity index (χ4n) is 2.30. The Balaban J connectivity index is 2.02. The summed E-state index contributed by atoms with van der Waals surface area (Å²) in [5.41, 5.74) is 3.08. The number of ether oxygens (including phenoxy) is 1. The number of hydrogen-bond acceptors (Lipinski definition) is 4. The van der Waals surface area contributed by atoms with Crippen LogP contribution in [0.5, 0.6) is 0 Å². The molecule has 6 heteroatoms. The third-order valence-corrected chi connectivity index (χ3v) is 3.99. The molecular weight excluding hydrogens is 328 g/mol. The number of Topliss-reactive ketones (excluding diaryl/α,β-unsaturated/α-hetero) is 1. The van der Waals surface area contributed by atoms with Crippen molar-refractivity contribution in [3.8, 4) is 0 Å². The zero-order valence-corrected chi connectivity index (χ0v) is 14.8. The molecule has 0 spiro atoms. The first-order valence-electron chi connectivity index (χ1n) is 7.48. The standard InChI is InChI=1S/C18H19ClN2O3/c1-11-16(12(2)21(4)20-11)9-10-17(22)24-13(3)18(23)14-5-7-15(19)8-6-14/h5-10,13H,1-4H3/b10-9+/t13-/m1/s1. The fraction of sp³-hybridized carbons (Fsp3) is 0.278. The van der Waals surface area contributed by atoms with Gasteiger partial charge in [0.25, 0.3) is 0 Å². The molecule has 126 valence electrons. The molecule has 0 aliphatic heterocycles. The summed E-state index contributed by atoms with van der Waals surface area (Å²) in [6, 6.07) is 6.45. The lowest BCUT2D eigenvalue weighted by Gasteiger charge is -2.10. The van der Waals surface area contributed by atoms with E-state index in [1.165, 1.54) is 6.08 Å². The molecule has 0 saturated heterocycles. The molecule has 0 bridgehead atoms. The number of hydrogen-bond donors (Lipinski definition) is 0. The van der Waals surface area contributed by atoms with Crippen LogP contribution >= 0.6 is 11.6 Å². The van der Waals surface area contributed by atoms with Gasteiger partial charge in [-0.2, -0.15) is 5.10 Å². The molecule has 24 heavy (non-hydrogen) atoms. The van der Waals surface area contributed by atoms with Gasteiger partial charge in [0.05, 0.1) is 5.69 Å². The van der Waals surface area contributed by atoms with Gasteiger partial charge >= 0.3 is 5.97 Å². The Bertz CT molecular complexity index is 791. The van der Waals surface area contributed by atoms with Crippen molar-refractivity contribution in [3.05, 3.63) is 57.9 Å². The second-order valence-electron chi connectivity index (χ2n) is 5.49. The molecule has 2 aromatic rings. The molecule has 0 aliphatic rings. The zero-order chi connectivity index (χ0) is 17.9. The first kappa shape index (κ1) is 17.9. The molecule has 1 aromatic heterocycles. The molecule has 0 fully saturated rings. The van der Waals surface area contributed by atoms with Crippen molar-refractivity contribution in [3.63, 3.8) is 0 Å². The summed E-state index contributed by atoms with van der Waals surface area (Å²) >= 11 is 5.79. The Morgan fingerprint density at radius 2 is 1.88 bits per heavy atom. The fourth-order valence-corrected chi connectivity index (χ4v) is 2.42. The van der Waals surface area contributed by atoms with Crippen LogP contribution in [0.1, 0.15) is 34.2 Å². The summed E-state index contributed by atoms with van der Waals surface area (Å²) in [6.07, 6.45) is 2.08. The third kappa shape index (κ3) is 4.11. The number of esters is 1. The van der Waals surface area contributed by atoms with Gasteiger partial charge in [-0.05, 0) is 51.1 Å². The largest absolute Gasteiger partial charge is 0.451 e. The molecule has 0 amide bonds. The van der Waals surface area contributed by atoms with E-state index in [4.69, 9.17) is 16.3 Å². The highest BCUT2D eigenvalue weighted by Gasteiger charge is 2.18. The first-order chi connectivity index (χ1) is 11.3. The summed E-state index contributed by atoms with van der Waals surface area (Å²) in [5.74, 6) is -0.852. The smallest absolute Gasteiger partial charge is 0.331 e. The quantitative estimate of drug-likeness (QED) is 0.472. The average Bonchev–Trinajstić information content (AvgIpc) is 2.78. The Labute approximate surface area is 145 Å². The van der Waals surface area contributed by atoms with Crippen molar-refractivity contribution in [2.45, 2.75) is 26.9 Å². The molecular formula is C18H19ClN2O3. The lowest BCUT2D eigenvalue weighted by Crippen LogP contribution is -2.23. The van der Waals surface area contributed by atoms with E-state index in [0.717, 1.165) is 17.0 Å². The lowest BCUT2D eigenvalue weighted by molar-refractivity contribution is -0.140. The summed E-state index contributed by atoms with van der Waals surface area (Å²) < 4.78 is 6.91. The molecule has 0 saturated carbocycles. The van der Waals surface area contributed by atoms with Crippen molar-refractivity contribution in [2.75, 3.05) is 0 Å². The summed E-state index contributed by atoms with van der Waals surface area (Å²) in [6.45, 7) is 5.33. The number of carbonyl (C=O) groups is 2. The van der Waals surface area contributed by atoms with Crippen molar-refractivity contribution in [1.29, 1.82) is 0 Å².